The maximum absolute atomic E-state index is 12.2. The first-order chi connectivity index (χ1) is 8.50. The molecule has 5 heteroatoms. The number of hydrogen-bond acceptors (Lipinski definition) is 4. The molecule has 0 radical (unpaired) electrons. The second-order valence-electron chi connectivity index (χ2n) is 4.19. The van der Waals surface area contributed by atoms with Crippen LogP contribution in [0.2, 0.25) is 0 Å². The molecule has 0 aliphatic carbocycles. The normalized spacial score (nSPS) is 11.6. The van der Waals surface area contributed by atoms with Crippen LogP contribution in [0.25, 0.3) is 0 Å². The van der Waals surface area contributed by atoms with Crippen LogP contribution in [-0.2, 0) is 16.3 Å². The van der Waals surface area contributed by atoms with Crippen molar-refractivity contribution >= 4 is 26.9 Å². The molecule has 0 fully saturated rings. The minimum absolute atomic E-state index is 0.0946. The predicted octanol–water partition coefficient (Wildman–Crippen LogP) is 2.66. The average Bonchev–Trinajstić information content (AvgIpc) is 2.83. The van der Waals surface area contributed by atoms with Gasteiger partial charge in [-0.2, -0.15) is 11.3 Å². The average molecular weight is 281 g/mol. The molecular formula is C13H15NO2S2. The molecule has 3 nitrogen and oxygen atoms in total. The third kappa shape index (κ3) is 2.73. The Bertz CT molecular complexity index is 631. The molecule has 2 aromatic rings. The largest absolute Gasteiger partial charge is 0.397 e. The number of benzene rings is 1. The Kier molecular flexibility index (Phi) is 3.73. The van der Waals surface area contributed by atoms with Gasteiger partial charge in [0, 0.05) is 0 Å². The predicted molar refractivity (Wildman–Crippen MR) is 75.7 cm³/mol. The fourth-order valence-electron chi connectivity index (χ4n) is 1.72. The topological polar surface area (TPSA) is 60.2 Å². The summed E-state index contributed by atoms with van der Waals surface area (Å²) in [5.74, 6) is 0.0946. The Morgan fingerprint density at radius 2 is 2.06 bits per heavy atom. The maximum atomic E-state index is 12.2. The van der Waals surface area contributed by atoms with E-state index in [9.17, 15) is 8.42 Å². The summed E-state index contributed by atoms with van der Waals surface area (Å²) in [5.41, 5.74) is 8.05. The number of nitrogen functional groups attached to an aromatic ring is 1. The molecule has 2 rings (SSSR count). The van der Waals surface area contributed by atoms with Crippen molar-refractivity contribution in [2.75, 3.05) is 11.5 Å². The third-order valence-electron chi connectivity index (χ3n) is 2.86. The molecule has 0 aliphatic heterocycles. The van der Waals surface area contributed by atoms with Gasteiger partial charge < -0.3 is 5.73 Å². The highest BCUT2D eigenvalue weighted by Crippen LogP contribution is 2.23. The van der Waals surface area contributed by atoms with Crippen molar-refractivity contribution in [1.82, 2.24) is 0 Å². The van der Waals surface area contributed by atoms with Gasteiger partial charge in [-0.3, -0.25) is 0 Å². The number of anilines is 1. The zero-order valence-electron chi connectivity index (χ0n) is 10.1. The molecule has 96 valence electrons. The molecule has 0 unspecified atom stereocenters. The van der Waals surface area contributed by atoms with Gasteiger partial charge in [-0.15, -0.1) is 0 Å². The highest BCUT2D eigenvalue weighted by Gasteiger charge is 2.18. The Labute approximate surface area is 111 Å². The van der Waals surface area contributed by atoms with Crippen LogP contribution < -0.4 is 5.73 Å². The second kappa shape index (κ2) is 5.12. The fourth-order valence-corrected chi connectivity index (χ4v) is 3.93. The van der Waals surface area contributed by atoms with Crippen molar-refractivity contribution in [3.05, 3.63) is 46.2 Å². The molecule has 18 heavy (non-hydrogen) atoms. The summed E-state index contributed by atoms with van der Waals surface area (Å²) in [6.07, 6.45) is 0.527. The van der Waals surface area contributed by atoms with Crippen LogP contribution in [0.1, 0.15) is 11.1 Å². The fraction of sp³-hybridized carbons (Fsp3) is 0.231. The number of rotatable bonds is 4. The van der Waals surface area contributed by atoms with Gasteiger partial charge in [0.1, 0.15) is 0 Å². The monoisotopic (exact) mass is 281 g/mol. The molecule has 0 aliphatic rings. The standard InChI is InChI=1S/C13H15NO2S2/c1-10-3-2-4-12(13(10)14)18(15,16)8-6-11-5-7-17-9-11/h2-5,7,9H,6,8,14H2,1H3. The summed E-state index contributed by atoms with van der Waals surface area (Å²) < 4.78 is 24.4. The highest BCUT2D eigenvalue weighted by atomic mass is 32.2. The van der Waals surface area contributed by atoms with E-state index in [1.165, 1.54) is 0 Å². The summed E-state index contributed by atoms with van der Waals surface area (Å²) in [6, 6.07) is 7.06. The molecule has 0 saturated carbocycles. The van der Waals surface area contributed by atoms with Crippen LogP contribution >= 0.6 is 11.3 Å². The molecule has 2 N–H and O–H groups in total. The first-order valence-corrected chi connectivity index (χ1v) is 8.19. The van der Waals surface area contributed by atoms with E-state index in [-0.39, 0.29) is 10.6 Å². The summed E-state index contributed by atoms with van der Waals surface area (Å²) in [6.45, 7) is 1.81. The smallest absolute Gasteiger partial charge is 0.180 e. The number of para-hydroxylation sites is 1. The lowest BCUT2D eigenvalue weighted by Gasteiger charge is -2.09. The quantitative estimate of drug-likeness (QED) is 0.876. The van der Waals surface area contributed by atoms with E-state index in [4.69, 9.17) is 5.73 Å². The summed E-state index contributed by atoms with van der Waals surface area (Å²) in [4.78, 5) is 0.248. The van der Waals surface area contributed by atoms with E-state index in [1.54, 1.807) is 23.5 Å². The summed E-state index contributed by atoms with van der Waals surface area (Å²) >= 11 is 1.57. The molecule has 1 aromatic carbocycles. The zero-order chi connectivity index (χ0) is 13.2. The van der Waals surface area contributed by atoms with Gasteiger partial charge in [-0.05, 0) is 47.4 Å². The second-order valence-corrected chi connectivity index (χ2v) is 7.04. The van der Waals surface area contributed by atoms with Crippen LogP contribution in [0.15, 0.2) is 39.9 Å². The molecule has 0 amide bonds. The number of nitrogens with two attached hydrogens (primary N) is 1. The SMILES string of the molecule is Cc1cccc(S(=O)(=O)CCc2ccsc2)c1N. The summed E-state index contributed by atoms with van der Waals surface area (Å²) in [5, 5.41) is 3.91. The van der Waals surface area contributed by atoms with Crippen LogP contribution in [0.3, 0.4) is 0 Å². The van der Waals surface area contributed by atoms with Gasteiger partial charge in [0.15, 0.2) is 9.84 Å². The molecule has 1 aromatic heterocycles. The summed E-state index contributed by atoms with van der Waals surface area (Å²) in [7, 11) is -3.31. The van der Waals surface area contributed by atoms with Crippen LogP contribution in [-0.4, -0.2) is 14.2 Å². The lowest BCUT2D eigenvalue weighted by molar-refractivity contribution is 0.595. The van der Waals surface area contributed by atoms with Crippen molar-refractivity contribution in [2.45, 2.75) is 18.2 Å². The maximum Gasteiger partial charge on any atom is 0.180 e. The van der Waals surface area contributed by atoms with Crippen LogP contribution in [0, 0.1) is 6.92 Å². The Morgan fingerprint density at radius 1 is 1.28 bits per heavy atom. The van der Waals surface area contributed by atoms with Crippen molar-refractivity contribution < 1.29 is 8.42 Å². The number of hydrogen-bond donors (Lipinski definition) is 1. The highest BCUT2D eigenvalue weighted by molar-refractivity contribution is 7.91. The minimum atomic E-state index is -3.31. The van der Waals surface area contributed by atoms with Crippen molar-refractivity contribution in [3.63, 3.8) is 0 Å². The lowest BCUT2D eigenvalue weighted by atomic mass is 10.2. The van der Waals surface area contributed by atoms with E-state index in [1.807, 2.05) is 29.8 Å². The number of thiophene rings is 1. The van der Waals surface area contributed by atoms with E-state index in [2.05, 4.69) is 0 Å². The molecule has 0 spiro atoms. The third-order valence-corrected chi connectivity index (χ3v) is 5.36. The minimum Gasteiger partial charge on any atom is -0.397 e. The Hall–Kier alpha value is -1.33. The Balaban J connectivity index is 2.23. The molecule has 0 bridgehead atoms. The Morgan fingerprint density at radius 3 is 2.72 bits per heavy atom. The van der Waals surface area contributed by atoms with Gasteiger partial charge >= 0.3 is 0 Å². The van der Waals surface area contributed by atoms with E-state index < -0.39 is 9.84 Å². The lowest BCUT2D eigenvalue weighted by Crippen LogP contribution is -2.11. The van der Waals surface area contributed by atoms with Gasteiger partial charge in [-0.25, -0.2) is 8.42 Å². The molecule has 0 saturated heterocycles. The first kappa shape index (κ1) is 13.1. The zero-order valence-corrected chi connectivity index (χ0v) is 11.7. The first-order valence-electron chi connectivity index (χ1n) is 5.59. The van der Waals surface area contributed by atoms with Gasteiger partial charge in [0.2, 0.25) is 0 Å². The molecule has 1 heterocycles. The van der Waals surface area contributed by atoms with Crippen molar-refractivity contribution in [2.24, 2.45) is 0 Å². The van der Waals surface area contributed by atoms with Gasteiger partial charge in [-0.1, -0.05) is 12.1 Å². The van der Waals surface area contributed by atoms with Crippen LogP contribution in [0.5, 0.6) is 0 Å². The van der Waals surface area contributed by atoms with E-state index in [0.717, 1.165) is 11.1 Å². The van der Waals surface area contributed by atoms with Gasteiger partial charge in [0.05, 0.1) is 16.3 Å². The van der Waals surface area contributed by atoms with Crippen molar-refractivity contribution in [1.29, 1.82) is 0 Å². The van der Waals surface area contributed by atoms with Crippen LogP contribution in [0.4, 0.5) is 5.69 Å². The van der Waals surface area contributed by atoms with E-state index in [0.29, 0.717) is 12.1 Å². The van der Waals surface area contributed by atoms with E-state index >= 15 is 0 Å². The van der Waals surface area contributed by atoms with Gasteiger partial charge in [0.25, 0.3) is 0 Å². The molecule has 0 atom stereocenters. The molecular weight excluding hydrogens is 266 g/mol. The number of sulfone groups is 1. The number of aryl methyl sites for hydroxylation is 2. The van der Waals surface area contributed by atoms with Crippen molar-refractivity contribution in [3.8, 4) is 0 Å².